The smallest absolute Gasteiger partial charge is 0.104 e. The maximum absolute atomic E-state index is 4.71. The van der Waals surface area contributed by atoms with Crippen molar-refractivity contribution >= 4 is 34.8 Å². The van der Waals surface area contributed by atoms with Gasteiger partial charge in [-0.3, -0.25) is 4.99 Å². The molecule has 1 aliphatic heterocycles. The summed E-state index contributed by atoms with van der Waals surface area (Å²) in [6.45, 7) is 1.80. The van der Waals surface area contributed by atoms with Crippen LogP contribution in [0.4, 0.5) is 5.69 Å². The van der Waals surface area contributed by atoms with Crippen LogP contribution in [0.25, 0.3) is 10.9 Å². The van der Waals surface area contributed by atoms with Crippen LogP contribution in [0.3, 0.4) is 0 Å². The van der Waals surface area contributed by atoms with Crippen LogP contribution in [0.1, 0.15) is 18.4 Å². The van der Waals surface area contributed by atoms with E-state index in [0.717, 1.165) is 25.9 Å². The standard InChI is InChI=1S/C19H19N3.ClH/c1-2-7-16(8-3-1)22(19-11-6-12-20-19)14-15-13-21-18-10-5-4-9-17(15)18;/h1-5,7-10,13,21H,6,11-12,14H2;1H. The molecule has 1 N–H and O–H groups in total. The molecule has 1 aromatic heterocycles. The lowest BCUT2D eigenvalue weighted by Gasteiger charge is -2.24. The predicted molar refractivity (Wildman–Crippen MR) is 99.7 cm³/mol. The van der Waals surface area contributed by atoms with Crippen LogP contribution in [0.5, 0.6) is 0 Å². The summed E-state index contributed by atoms with van der Waals surface area (Å²) >= 11 is 0. The van der Waals surface area contributed by atoms with Gasteiger partial charge in [-0.15, -0.1) is 12.4 Å². The molecular formula is C19H20ClN3. The van der Waals surface area contributed by atoms with Gasteiger partial charge in [-0.2, -0.15) is 0 Å². The minimum Gasteiger partial charge on any atom is -0.361 e. The van der Waals surface area contributed by atoms with Crippen LogP contribution in [0, 0.1) is 0 Å². The minimum absolute atomic E-state index is 0. The minimum atomic E-state index is 0. The van der Waals surface area contributed by atoms with Crippen molar-refractivity contribution in [3.8, 4) is 0 Å². The number of hydrogen-bond donors (Lipinski definition) is 1. The molecule has 0 saturated heterocycles. The van der Waals surface area contributed by atoms with Crippen LogP contribution >= 0.6 is 12.4 Å². The van der Waals surface area contributed by atoms with Crippen molar-refractivity contribution in [1.82, 2.24) is 4.98 Å². The summed E-state index contributed by atoms with van der Waals surface area (Å²) in [5.41, 5.74) is 3.72. The lowest BCUT2D eigenvalue weighted by atomic mass is 10.1. The number of aromatic amines is 1. The maximum Gasteiger partial charge on any atom is 0.104 e. The molecule has 2 aromatic carbocycles. The summed E-state index contributed by atoms with van der Waals surface area (Å²) in [6.07, 6.45) is 4.35. The fourth-order valence-corrected chi connectivity index (χ4v) is 3.12. The molecule has 0 saturated carbocycles. The van der Waals surface area contributed by atoms with Gasteiger partial charge in [0.2, 0.25) is 0 Å². The Bertz CT molecular complexity index is 808. The molecule has 4 rings (SSSR count). The summed E-state index contributed by atoms with van der Waals surface area (Å²) in [4.78, 5) is 10.4. The number of benzene rings is 2. The average Bonchev–Trinajstić information content (AvgIpc) is 3.23. The zero-order valence-corrected chi connectivity index (χ0v) is 13.7. The van der Waals surface area contributed by atoms with Crippen molar-refractivity contribution in [3.63, 3.8) is 0 Å². The summed E-state index contributed by atoms with van der Waals surface area (Å²) in [5.74, 6) is 1.21. The first-order chi connectivity index (χ1) is 10.9. The zero-order valence-electron chi connectivity index (χ0n) is 12.9. The number of H-pyrrole nitrogens is 1. The largest absolute Gasteiger partial charge is 0.361 e. The van der Waals surface area contributed by atoms with Crippen LogP contribution in [-0.2, 0) is 6.54 Å². The molecule has 3 aromatic rings. The van der Waals surface area contributed by atoms with Gasteiger partial charge in [0.25, 0.3) is 0 Å². The Morgan fingerprint density at radius 1 is 1.00 bits per heavy atom. The van der Waals surface area contributed by atoms with Gasteiger partial charge < -0.3 is 9.88 Å². The molecule has 0 bridgehead atoms. The number of nitrogens with zero attached hydrogens (tertiary/aromatic N) is 2. The number of nitrogens with one attached hydrogen (secondary N) is 1. The van der Waals surface area contributed by atoms with Crippen molar-refractivity contribution in [2.45, 2.75) is 19.4 Å². The summed E-state index contributed by atoms with van der Waals surface area (Å²) in [6, 6.07) is 19.0. The first kappa shape index (κ1) is 15.6. The highest BCUT2D eigenvalue weighted by Gasteiger charge is 2.18. The van der Waals surface area contributed by atoms with E-state index in [4.69, 9.17) is 4.99 Å². The second-order valence-corrected chi connectivity index (χ2v) is 5.68. The summed E-state index contributed by atoms with van der Waals surface area (Å²) < 4.78 is 0. The van der Waals surface area contributed by atoms with Gasteiger partial charge in [0.15, 0.2) is 0 Å². The summed E-state index contributed by atoms with van der Waals surface area (Å²) in [7, 11) is 0. The van der Waals surface area contributed by atoms with Gasteiger partial charge in [0.05, 0.1) is 6.54 Å². The van der Waals surface area contributed by atoms with E-state index in [1.54, 1.807) is 0 Å². The van der Waals surface area contributed by atoms with E-state index in [-0.39, 0.29) is 12.4 Å². The van der Waals surface area contributed by atoms with Crippen LogP contribution in [-0.4, -0.2) is 17.4 Å². The average molecular weight is 326 g/mol. The van der Waals surface area contributed by atoms with E-state index in [0.29, 0.717) is 0 Å². The molecule has 0 spiro atoms. The third-order valence-electron chi connectivity index (χ3n) is 4.24. The van der Waals surface area contributed by atoms with Crippen molar-refractivity contribution in [3.05, 3.63) is 66.4 Å². The van der Waals surface area contributed by atoms with E-state index < -0.39 is 0 Å². The highest BCUT2D eigenvalue weighted by atomic mass is 35.5. The number of anilines is 1. The molecule has 0 unspecified atom stereocenters. The Morgan fingerprint density at radius 3 is 2.57 bits per heavy atom. The third kappa shape index (κ3) is 3.10. The van der Waals surface area contributed by atoms with Crippen LogP contribution in [0.2, 0.25) is 0 Å². The Kier molecular flexibility index (Phi) is 4.68. The normalized spacial score (nSPS) is 13.7. The van der Waals surface area contributed by atoms with Gasteiger partial charge >= 0.3 is 0 Å². The Balaban J connectivity index is 0.00000156. The second kappa shape index (κ2) is 6.88. The molecule has 3 nitrogen and oxygen atoms in total. The van der Waals surface area contributed by atoms with Crippen molar-refractivity contribution in [2.75, 3.05) is 11.4 Å². The second-order valence-electron chi connectivity index (χ2n) is 5.68. The molecule has 4 heteroatoms. The van der Waals surface area contributed by atoms with E-state index in [2.05, 4.69) is 70.7 Å². The van der Waals surface area contributed by atoms with E-state index >= 15 is 0 Å². The Morgan fingerprint density at radius 2 is 1.78 bits per heavy atom. The number of fused-ring (bicyclic) bond motifs is 1. The van der Waals surface area contributed by atoms with Gasteiger partial charge in [-0.25, -0.2) is 0 Å². The highest BCUT2D eigenvalue weighted by Crippen LogP contribution is 2.25. The number of halogens is 1. The fraction of sp³-hybridized carbons (Fsp3) is 0.211. The molecular weight excluding hydrogens is 306 g/mol. The number of rotatable bonds is 3. The van der Waals surface area contributed by atoms with Crippen LogP contribution < -0.4 is 4.90 Å². The lowest BCUT2D eigenvalue weighted by Crippen LogP contribution is -2.28. The molecule has 0 amide bonds. The van der Waals surface area contributed by atoms with Gasteiger partial charge in [-0.1, -0.05) is 36.4 Å². The Hall–Kier alpha value is -2.26. The van der Waals surface area contributed by atoms with E-state index in [9.17, 15) is 0 Å². The molecule has 118 valence electrons. The highest BCUT2D eigenvalue weighted by molar-refractivity contribution is 5.99. The lowest BCUT2D eigenvalue weighted by molar-refractivity contribution is 0.939. The quantitative estimate of drug-likeness (QED) is 0.737. The molecule has 2 heterocycles. The number of aromatic nitrogens is 1. The molecule has 23 heavy (non-hydrogen) atoms. The van der Waals surface area contributed by atoms with E-state index in [1.807, 2.05) is 0 Å². The first-order valence-corrected chi connectivity index (χ1v) is 7.83. The van der Waals surface area contributed by atoms with Crippen LogP contribution in [0.15, 0.2) is 65.8 Å². The summed E-state index contributed by atoms with van der Waals surface area (Å²) in [5, 5.41) is 1.29. The van der Waals surface area contributed by atoms with Gasteiger partial charge in [-0.05, 0) is 30.2 Å². The number of aliphatic imine (C=N–C) groups is 1. The van der Waals surface area contributed by atoms with Gasteiger partial charge in [0, 0.05) is 35.8 Å². The maximum atomic E-state index is 4.71. The molecule has 0 aliphatic carbocycles. The Labute approximate surface area is 142 Å². The third-order valence-corrected chi connectivity index (χ3v) is 4.24. The monoisotopic (exact) mass is 325 g/mol. The molecule has 0 atom stereocenters. The van der Waals surface area contributed by atoms with Gasteiger partial charge in [0.1, 0.15) is 5.84 Å². The molecule has 0 fully saturated rings. The topological polar surface area (TPSA) is 31.4 Å². The van der Waals surface area contributed by atoms with Crippen molar-refractivity contribution in [1.29, 1.82) is 0 Å². The number of para-hydroxylation sites is 2. The van der Waals surface area contributed by atoms with E-state index in [1.165, 1.54) is 28.0 Å². The first-order valence-electron chi connectivity index (χ1n) is 7.83. The number of hydrogen-bond acceptors (Lipinski definition) is 2. The SMILES string of the molecule is Cl.c1ccc(N(Cc2c[nH]c3ccccc23)C2=NCCC2)cc1. The molecule has 0 radical (unpaired) electrons. The zero-order chi connectivity index (χ0) is 14.8. The molecule has 1 aliphatic rings. The van der Waals surface area contributed by atoms with Crippen molar-refractivity contribution < 1.29 is 0 Å². The van der Waals surface area contributed by atoms with Crippen molar-refractivity contribution in [2.24, 2.45) is 4.99 Å². The fourth-order valence-electron chi connectivity index (χ4n) is 3.12. The number of amidine groups is 1. The predicted octanol–water partition coefficient (Wildman–Crippen LogP) is 4.79.